The molecule has 0 saturated carbocycles. The zero-order valence-corrected chi connectivity index (χ0v) is 8.31. The van der Waals surface area contributed by atoms with E-state index >= 15 is 0 Å². The molecule has 0 spiro atoms. The van der Waals surface area contributed by atoms with Crippen LogP contribution in [0.3, 0.4) is 0 Å². The number of anilines is 2. The number of hydrogen-bond acceptors (Lipinski definition) is 5. The highest BCUT2D eigenvalue weighted by Gasteiger charge is 2.14. The number of nitrogens with zero attached hydrogens (tertiary/aromatic N) is 3. The molecule has 15 heavy (non-hydrogen) atoms. The summed E-state index contributed by atoms with van der Waals surface area (Å²) in [5.74, 6) is 1.25. The van der Waals surface area contributed by atoms with Crippen LogP contribution in [0, 0.1) is 0 Å². The highest BCUT2D eigenvalue weighted by atomic mass is 16.1. The van der Waals surface area contributed by atoms with E-state index in [1.54, 1.807) is 6.07 Å². The molecule has 3 N–H and O–H groups in total. The molecule has 0 aliphatic carbocycles. The Morgan fingerprint density at radius 2 is 2.20 bits per heavy atom. The van der Waals surface area contributed by atoms with Crippen molar-refractivity contribution in [2.75, 3.05) is 30.3 Å². The van der Waals surface area contributed by atoms with Gasteiger partial charge in [-0.25, -0.2) is 0 Å². The van der Waals surface area contributed by atoms with Crippen LogP contribution in [0.1, 0.15) is 6.42 Å². The van der Waals surface area contributed by atoms with Gasteiger partial charge in [0.05, 0.1) is 0 Å². The lowest BCUT2D eigenvalue weighted by molar-refractivity contribution is -0.120. The molecular weight excluding hydrogens is 194 g/mol. The van der Waals surface area contributed by atoms with Gasteiger partial charge in [0, 0.05) is 26.1 Å². The van der Waals surface area contributed by atoms with E-state index in [0.29, 0.717) is 25.3 Å². The number of nitrogens with two attached hydrogens (primary N) is 1. The minimum absolute atomic E-state index is 0.0842. The van der Waals surface area contributed by atoms with E-state index in [-0.39, 0.29) is 5.91 Å². The van der Waals surface area contributed by atoms with E-state index in [1.165, 1.54) is 0 Å². The van der Waals surface area contributed by atoms with Crippen LogP contribution in [-0.2, 0) is 4.79 Å². The molecule has 1 amide bonds. The Hall–Kier alpha value is -1.85. The first kappa shape index (κ1) is 9.70. The highest BCUT2D eigenvalue weighted by molar-refractivity contribution is 5.77. The Balaban J connectivity index is 2.09. The number of aromatic nitrogens is 2. The van der Waals surface area contributed by atoms with Crippen LogP contribution in [0.2, 0.25) is 0 Å². The van der Waals surface area contributed by atoms with E-state index in [2.05, 4.69) is 15.5 Å². The van der Waals surface area contributed by atoms with Gasteiger partial charge in [-0.15, -0.1) is 10.2 Å². The fraction of sp³-hybridized carbons (Fsp3) is 0.444. The second-order valence-corrected chi connectivity index (χ2v) is 3.40. The van der Waals surface area contributed by atoms with Gasteiger partial charge in [0.25, 0.3) is 0 Å². The number of carbonyl (C=O) groups is 1. The predicted octanol–water partition coefficient (Wildman–Crippen LogP) is -0.615. The molecule has 0 atom stereocenters. The van der Waals surface area contributed by atoms with E-state index in [1.807, 2.05) is 11.0 Å². The number of carbonyl (C=O) groups excluding carboxylic acids is 1. The van der Waals surface area contributed by atoms with Gasteiger partial charge >= 0.3 is 0 Å². The van der Waals surface area contributed by atoms with E-state index < -0.39 is 0 Å². The largest absolute Gasteiger partial charge is 0.382 e. The molecule has 80 valence electrons. The first-order valence-corrected chi connectivity index (χ1v) is 4.86. The Kier molecular flexibility index (Phi) is 2.66. The Morgan fingerprint density at radius 1 is 1.33 bits per heavy atom. The maximum Gasteiger partial charge on any atom is 0.221 e. The topological polar surface area (TPSA) is 84.1 Å². The molecule has 2 rings (SSSR count). The second-order valence-electron chi connectivity index (χ2n) is 3.40. The summed E-state index contributed by atoms with van der Waals surface area (Å²) >= 11 is 0. The molecule has 1 aliphatic rings. The van der Waals surface area contributed by atoms with Gasteiger partial charge in [-0.2, -0.15) is 0 Å². The van der Waals surface area contributed by atoms with Crippen LogP contribution in [0.4, 0.5) is 11.6 Å². The van der Waals surface area contributed by atoms with Crippen molar-refractivity contribution in [3.63, 3.8) is 0 Å². The summed E-state index contributed by atoms with van der Waals surface area (Å²) in [6.07, 6.45) is 0.492. The molecule has 2 heterocycles. The molecule has 0 unspecified atom stereocenters. The van der Waals surface area contributed by atoms with Crippen molar-refractivity contribution < 1.29 is 4.79 Å². The number of hydrogen-bond donors (Lipinski definition) is 2. The lowest BCUT2D eigenvalue weighted by Crippen LogP contribution is -2.29. The third-order valence-corrected chi connectivity index (χ3v) is 2.31. The molecule has 6 heteroatoms. The Bertz CT molecular complexity index is 350. The van der Waals surface area contributed by atoms with Crippen LogP contribution >= 0.6 is 0 Å². The molecule has 1 saturated heterocycles. The predicted molar refractivity (Wildman–Crippen MR) is 56.3 cm³/mol. The third-order valence-electron chi connectivity index (χ3n) is 2.31. The first-order valence-electron chi connectivity index (χ1n) is 4.86. The summed E-state index contributed by atoms with van der Waals surface area (Å²) < 4.78 is 0. The van der Waals surface area contributed by atoms with E-state index in [4.69, 9.17) is 5.73 Å². The molecular formula is C9H13N5O. The van der Waals surface area contributed by atoms with Crippen LogP contribution in [0.5, 0.6) is 0 Å². The summed E-state index contributed by atoms with van der Waals surface area (Å²) in [4.78, 5) is 13.1. The zero-order chi connectivity index (χ0) is 10.7. The highest BCUT2D eigenvalue weighted by Crippen LogP contribution is 2.11. The molecule has 1 fully saturated rings. The van der Waals surface area contributed by atoms with Crippen molar-refractivity contribution in [3.05, 3.63) is 12.1 Å². The molecule has 0 aromatic carbocycles. The standard InChI is InChI=1S/C9H13N5O/c10-7-1-2-8(13-12-7)14-5-3-9(15)11-4-6-14/h1-2H,3-6H2,(H2,10,12)(H,11,15). The minimum Gasteiger partial charge on any atom is -0.382 e. The van der Waals surface area contributed by atoms with Gasteiger partial charge in [-0.1, -0.05) is 0 Å². The van der Waals surface area contributed by atoms with Crippen LogP contribution in [0.15, 0.2) is 12.1 Å². The zero-order valence-electron chi connectivity index (χ0n) is 8.31. The summed E-state index contributed by atoms with van der Waals surface area (Å²) in [5, 5.41) is 10.6. The van der Waals surface area contributed by atoms with Crippen molar-refractivity contribution in [2.24, 2.45) is 0 Å². The number of amides is 1. The van der Waals surface area contributed by atoms with E-state index in [9.17, 15) is 4.79 Å². The molecule has 1 aromatic rings. The lowest BCUT2D eigenvalue weighted by atomic mass is 10.3. The quantitative estimate of drug-likeness (QED) is 0.641. The first-order chi connectivity index (χ1) is 7.25. The average Bonchev–Trinajstić information content (AvgIpc) is 2.44. The maximum atomic E-state index is 11.1. The lowest BCUT2D eigenvalue weighted by Gasteiger charge is -2.19. The molecule has 1 aromatic heterocycles. The monoisotopic (exact) mass is 207 g/mol. The summed E-state index contributed by atoms with van der Waals surface area (Å²) in [6.45, 7) is 2.07. The van der Waals surface area contributed by atoms with Crippen molar-refractivity contribution >= 4 is 17.5 Å². The minimum atomic E-state index is 0.0842. The molecule has 0 bridgehead atoms. The van der Waals surface area contributed by atoms with Gasteiger partial charge in [-0.3, -0.25) is 4.79 Å². The summed E-state index contributed by atoms with van der Waals surface area (Å²) in [6, 6.07) is 3.53. The smallest absolute Gasteiger partial charge is 0.221 e. The fourth-order valence-electron chi connectivity index (χ4n) is 1.50. The van der Waals surface area contributed by atoms with Gasteiger partial charge < -0.3 is 16.0 Å². The third kappa shape index (κ3) is 2.34. The summed E-state index contributed by atoms with van der Waals surface area (Å²) in [7, 11) is 0. The fourth-order valence-corrected chi connectivity index (χ4v) is 1.50. The number of nitrogen functional groups attached to an aromatic ring is 1. The Morgan fingerprint density at radius 3 is 2.93 bits per heavy atom. The number of rotatable bonds is 1. The maximum absolute atomic E-state index is 11.1. The molecule has 0 radical (unpaired) electrons. The summed E-state index contributed by atoms with van der Waals surface area (Å²) in [5.41, 5.74) is 5.45. The van der Waals surface area contributed by atoms with Crippen molar-refractivity contribution in [1.82, 2.24) is 15.5 Å². The molecule has 6 nitrogen and oxygen atoms in total. The Labute approximate surface area is 87.5 Å². The van der Waals surface area contributed by atoms with Crippen LogP contribution in [0.25, 0.3) is 0 Å². The van der Waals surface area contributed by atoms with Crippen molar-refractivity contribution in [1.29, 1.82) is 0 Å². The van der Waals surface area contributed by atoms with Crippen molar-refractivity contribution in [2.45, 2.75) is 6.42 Å². The van der Waals surface area contributed by atoms with Gasteiger partial charge in [0.1, 0.15) is 5.82 Å². The van der Waals surface area contributed by atoms with Gasteiger partial charge in [0.15, 0.2) is 5.82 Å². The SMILES string of the molecule is Nc1ccc(N2CCNC(=O)CC2)nn1. The van der Waals surface area contributed by atoms with Crippen molar-refractivity contribution in [3.8, 4) is 0 Å². The van der Waals surface area contributed by atoms with Crippen LogP contribution < -0.4 is 16.0 Å². The average molecular weight is 207 g/mol. The molecule has 1 aliphatic heterocycles. The second kappa shape index (κ2) is 4.12. The normalized spacial score (nSPS) is 17.1. The van der Waals surface area contributed by atoms with E-state index in [0.717, 1.165) is 12.4 Å². The van der Waals surface area contributed by atoms with Gasteiger partial charge in [0.2, 0.25) is 5.91 Å². The van der Waals surface area contributed by atoms with Crippen LogP contribution in [-0.4, -0.2) is 35.7 Å². The number of nitrogens with one attached hydrogen (secondary N) is 1. The van der Waals surface area contributed by atoms with Gasteiger partial charge in [-0.05, 0) is 12.1 Å².